The molecule has 1 rings (SSSR count). The molecule has 1 heterocycles. The predicted octanol–water partition coefficient (Wildman–Crippen LogP) is 0.173. The zero-order valence-electron chi connectivity index (χ0n) is 10.6. The molecule has 100 valence electrons. The van der Waals surface area contributed by atoms with Crippen LogP contribution in [0.1, 0.15) is 13.8 Å². The van der Waals surface area contributed by atoms with Gasteiger partial charge in [-0.2, -0.15) is 11.8 Å². The Balaban J connectivity index is 2.64. The summed E-state index contributed by atoms with van der Waals surface area (Å²) in [5.41, 5.74) is 5.87. The number of rotatable bonds is 3. The van der Waals surface area contributed by atoms with Gasteiger partial charge in [0.1, 0.15) is 0 Å². The molecule has 7 heteroatoms. The number of nitrogens with two attached hydrogens (primary N) is 1. The Morgan fingerprint density at radius 2 is 1.94 bits per heavy atom. The lowest BCUT2D eigenvalue weighted by Crippen LogP contribution is -2.44. The largest absolute Gasteiger partial charge is 0.370 e. The van der Waals surface area contributed by atoms with E-state index < -0.39 is 14.6 Å². The van der Waals surface area contributed by atoms with Crippen LogP contribution in [0, 0.1) is 0 Å². The lowest BCUT2D eigenvalue weighted by molar-refractivity contribution is 0.454. The van der Waals surface area contributed by atoms with E-state index in [4.69, 9.17) is 5.73 Å². The van der Waals surface area contributed by atoms with Gasteiger partial charge in [0.05, 0.1) is 11.3 Å². The summed E-state index contributed by atoms with van der Waals surface area (Å²) in [6.45, 7) is 5.33. The van der Waals surface area contributed by atoms with Gasteiger partial charge in [-0.05, 0) is 13.8 Å². The average molecular weight is 279 g/mol. The first-order valence-corrected chi connectivity index (χ1v) is 8.61. The third-order valence-electron chi connectivity index (χ3n) is 2.96. The molecular weight excluding hydrogens is 258 g/mol. The van der Waals surface area contributed by atoms with Gasteiger partial charge in [-0.15, -0.1) is 0 Å². The predicted molar refractivity (Wildman–Crippen MR) is 74.3 cm³/mol. The van der Waals surface area contributed by atoms with Gasteiger partial charge in [0.25, 0.3) is 0 Å². The van der Waals surface area contributed by atoms with Gasteiger partial charge in [-0.3, -0.25) is 4.99 Å². The fourth-order valence-electron chi connectivity index (χ4n) is 1.28. The summed E-state index contributed by atoms with van der Waals surface area (Å²) in [6.07, 6.45) is 1.23. The second-order valence-corrected chi connectivity index (χ2v) is 8.68. The Morgan fingerprint density at radius 1 is 1.41 bits per heavy atom. The molecule has 1 saturated heterocycles. The van der Waals surface area contributed by atoms with Gasteiger partial charge in [-0.1, -0.05) is 0 Å². The van der Waals surface area contributed by atoms with Crippen LogP contribution < -0.4 is 5.73 Å². The first kappa shape index (κ1) is 14.6. The number of nitrogens with zero attached hydrogens (tertiary/aromatic N) is 2. The minimum Gasteiger partial charge on any atom is -0.370 e. The molecular formula is C10H21N3O2S2. The second-order valence-electron chi connectivity index (χ2n) is 4.81. The van der Waals surface area contributed by atoms with Gasteiger partial charge in [0.15, 0.2) is 15.8 Å². The molecule has 0 bridgehead atoms. The summed E-state index contributed by atoms with van der Waals surface area (Å²) in [4.78, 5) is 6.23. The highest BCUT2D eigenvalue weighted by Crippen LogP contribution is 2.15. The van der Waals surface area contributed by atoms with Crippen molar-refractivity contribution in [3.05, 3.63) is 0 Å². The summed E-state index contributed by atoms with van der Waals surface area (Å²) in [7, 11) is -3.11. The molecule has 5 nitrogen and oxygen atoms in total. The van der Waals surface area contributed by atoms with Crippen LogP contribution in [0.3, 0.4) is 0 Å². The Labute approximate surface area is 108 Å². The molecule has 17 heavy (non-hydrogen) atoms. The first-order chi connectivity index (χ1) is 7.74. The van der Waals surface area contributed by atoms with Crippen LogP contribution in [0.15, 0.2) is 4.99 Å². The average Bonchev–Trinajstić information content (AvgIpc) is 2.25. The van der Waals surface area contributed by atoms with Crippen molar-refractivity contribution in [2.45, 2.75) is 18.6 Å². The van der Waals surface area contributed by atoms with Crippen LogP contribution >= 0.6 is 11.8 Å². The van der Waals surface area contributed by atoms with Crippen LogP contribution in [0.4, 0.5) is 0 Å². The highest BCUT2D eigenvalue weighted by molar-refractivity contribution is 7.99. The molecule has 0 aromatic carbocycles. The zero-order chi connectivity index (χ0) is 13.1. The molecule has 0 radical (unpaired) electrons. The molecule has 0 aromatic rings. The Hall–Kier alpha value is -0.430. The maximum absolute atomic E-state index is 11.5. The molecule has 0 unspecified atom stereocenters. The molecule has 2 N–H and O–H groups in total. The van der Waals surface area contributed by atoms with Crippen molar-refractivity contribution in [2.75, 3.05) is 37.4 Å². The number of hydrogen-bond donors (Lipinski definition) is 1. The molecule has 0 aromatic heterocycles. The van der Waals surface area contributed by atoms with E-state index in [1.54, 1.807) is 13.8 Å². The lowest BCUT2D eigenvalue weighted by atomic mass is 10.2. The maximum atomic E-state index is 11.5. The van der Waals surface area contributed by atoms with Gasteiger partial charge in [0.2, 0.25) is 0 Å². The number of guanidine groups is 1. The molecule has 0 atom stereocenters. The Bertz CT molecular complexity index is 384. The van der Waals surface area contributed by atoms with Gasteiger partial charge in [0, 0.05) is 30.9 Å². The van der Waals surface area contributed by atoms with Gasteiger partial charge >= 0.3 is 0 Å². The maximum Gasteiger partial charge on any atom is 0.191 e. The monoisotopic (exact) mass is 279 g/mol. The quantitative estimate of drug-likeness (QED) is 0.589. The molecule has 1 aliphatic rings. The van der Waals surface area contributed by atoms with E-state index in [9.17, 15) is 8.42 Å². The van der Waals surface area contributed by atoms with Crippen molar-refractivity contribution in [3.8, 4) is 0 Å². The van der Waals surface area contributed by atoms with E-state index in [-0.39, 0.29) is 6.54 Å². The third-order valence-corrected chi connectivity index (χ3v) is 6.04. The molecule has 0 spiro atoms. The standard InChI is InChI=1S/C10H21N3O2S2/c1-10(2,17(3,14)15)8-12-9(11)13-4-6-16-7-5-13/h4-8H2,1-3H3,(H2,11,12). The van der Waals surface area contributed by atoms with Crippen molar-refractivity contribution in [2.24, 2.45) is 10.7 Å². The fourth-order valence-corrected chi connectivity index (χ4v) is 2.48. The number of hydrogen-bond acceptors (Lipinski definition) is 4. The van der Waals surface area contributed by atoms with Crippen molar-refractivity contribution in [3.63, 3.8) is 0 Å². The molecule has 0 aliphatic carbocycles. The molecule has 0 saturated carbocycles. The number of thioether (sulfide) groups is 1. The van der Waals surface area contributed by atoms with E-state index in [1.165, 1.54) is 6.26 Å². The van der Waals surface area contributed by atoms with Crippen molar-refractivity contribution < 1.29 is 8.42 Å². The molecule has 1 aliphatic heterocycles. The normalized spacial score (nSPS) is 19.5. The van der Waals surface area contributed by atoms with Crippen LogP contribution in [0.5, 0.6) is 0 Å². The third kappa shape index (κ3) is 4.06. The summed E-state index contributed by atoms with van der Waals surface area (Å²) in [5, 5.41) is 0. The van der Waals surface area contributed by atoms with Gasteiger partial charge in [-0.25, -0.2) is 8.42 Å². The number of aliphatic imine (C=N–C) groups is 1. The highest BCUT2D eigenvalue weighted by atomic mass is 32.2. The van der Waals surface area contributed by atoms with E-state index in [1.807, 2.05) is 16.7 Å². The minimum atomic E-state index is -3.11. The summed E-state index contributed by atoms with van der Waals surface area (Å²) in [5.74, 6) is 2.55. The van der Waals surface area contributed by atoms with Gasteiger partial charge < -0.3 is 10.6 Å². The first-order valence-electron chi connectivity index (χ1n) is 5.56. The topological polar surface area (TPSA) is 75.8 Å². The zero-order valence-corrected chi connectivity index (χ0v) is 12.3. The molecule has 0 amide bonds. The van der Waals surface area contributed by atoms with Crippen LogP contribution in [-0.4, -0.2) is 61.4 Å². The number of sulfone groups is 1. The van der Waals surface area contributed by atoms with E-state index >= 15 is 0 Å². The smallest absolute Gasteiger partial charge is 0.191 e. The fraction of sp³-hybridized carbons (Fsp3) is 0.900. The highest BCUT2D eigenvalue weighted by Gasteiger charge is 2.30. The minimum absolute atomic E-state index is 0.210. The lowest BCUT2D eigenvalue weighted by Gasteiger charge is -2.28. The summed E-state index contributed by atoms with van der Waals surface area (Å²) < 4.78 is 22.2. The summed E-state index contributed by atoms with van der Waals surface area (Å²) >= 11 is 1.90. The van der Waals surface area contributed by atoms with Crippen LogP contribution in [-0.2, 0) is 9.84 Å². The van der Waals surface area contributed by atoms with E-state index in [0.29, 0.717) is 5.96 Å². The second kappa shape index (κ2) is 5.48. The van der Waals surface area contributed by atoms with Crippen molar-refractivity contribution >= 4 is 27.6 Å². The van der Waals surface area contributed by atoms with Crippen molar-refractivity contribution in [1.29, 1.82) is 0 Å². The van der Waals surface area contributed by atoms with Crippen LogP contribution in [0.25, 0.3) is 0 Å². The SMILES string of the molecule is CC(C)(CN=C(N)N1CCSCC1)S(C)(=O)=O. The molecule has 1 fully saturated rings. The van der Waals surface area contributed by atoms with Crippen molar-refractivity contribution in [1.82, 2.24) is 4.90 Å². The van der Waals surface area contributed by atoms with Crippen LogP contribution in [0.2, 0.25) is 0 Å². The van der Waals surface area contributed by atoms with E-state index in [0.717, 1.165) is 24.6 Å². The Morgan fingerprint density at radius 3 is 2.41 bits per heavy atom. The van der Waals surface area contributed by atoms with E-state index in [2.05, 4.69) is 4.99 Å². The summed E-state index contributed by atoms with van der Waals surface area (Å²) in [6, 6.07) is 0. The Kier molecular flexibility index (Phi) is 4.71.